The molecule has 4 nitrogen and oxygen atoms in total. The summed E-state index contributed by atoms with van der Waals surface area (Å²) in [5, 5.41) is 0. The van der Waals surface area contributed by atoms with Crippen molar-refractivity contribution in [2.24, 2.45) is 5.73 Å². The molecule has 2 N–H and O–H groups in total. The number of hydrogen-bond donors (Lipinski definition) is 1. The Hall–Kier alpha value is 0.700. The van der Waals surface area contributed by atoms with E-state index in [0.29, 0.717) is 10.8 Å². The summed E-state index contributed by atoms with van der Waals surface area (Å²) in [4.78, 5) is 0. The molecule has 0 aromatic rings. The van der Waals surface area contributed by atoms with Crippen LogP contribution in [0.5, 0.6) is 0 Å². The zero-order valence-corrected chi connectivity index (χ0v) is 8.79. The minimum Gasteiger partial charge on any atom is -0.328 e. The Morgan fingerprint density at radius 3 is 2.40 bits per heavy atom. The van der Waals surface area contributed by atoms with Gasteiger partial charge in [0.25, 0.3) is 0 Å². The molecule has 7 heteroatoms. The molecule has 0 aromatic heterocycles. The van der Waals surface area contributed by atoms with Crippen molar-refractivity contribution >= 4 is 36.9 Å². The molecule has 0 rings (SSSR count). The standard InChI is InChI=1S/C3H9NO3S2.BrH/c1-8-9(5,6)7-3-2-4;/h2-4H2,1H3;1H. The van der Waals surface area contributed by atoms with Crippen molar-refractivity contribution in [2.75, 3.05) is 19.4 Å². The summed E-state index contributed by atoms with van der Waals surface area (Å²) in [7, 11) is -2.68. The van der Waals surface area contributed by atoms with Crippen molar-refractivity contribution in [3.63, 3.8) is 0 Å². The first kappa shape index (κ1) is 13.3. The fourth-order valence-electron chi connectivity index (χ4n) is 0.198. The lowest BCUT2D eigenvalue weighted by Crippen LogP contribution is -2.11. The van der Waals surface area contributed by atoms with Crippen LogP contribution in [0.4, 0.5) is 0 Å². The Bertz CT molecular complexity index is 157. The maximum absolute atomic E-state index is 10.4. The van der Waals surface area contributed by atoms with Gasteiger partial charge in [-0.3, -0.25) is 4.18 Å². The summed E-state index contributed by atoms with van der Waals surface area (Å²) in [5.41, 5.74) is 4.99. The van der Waals surface area contributed by atoms with Gasteiger partial charge in [-0.05, 0) is 17.0 Å². The van der Waals surface area contributed by atoms with E-state index in [9.17, 15) is 8.42 Å². The normalized spacial score (nSPS) is 10.6. The summed E-state index contributed by atoms with van der Waals surface area (Å²) in [6, 6.07) is 0. The van der Waals surface area contributed by atoms with E-state index >= 15 is 0 Å². The molecule has 0 spiro atoms. The highest BCUT2D eigenvalue weighted by atomic mass is 79.9. The topological polar surface area (TPSA) is 69.4 Å². The predicted molar refractivity (Wildman–Crippen MR) is 47.8 cm³/mol. The molecule has 0 fully saturated rings. The Morgan fingerprint density at radius 1 is 1.60 bits per heavy atom. The van der Waals surface area contributed by atoms with Gasteiger partial charge in [-0.25, -0.2) is 0 Å². The van der Waals surface area contributed by atoms with E-state index in [1.165, 1.54) is 6.26 Å². The van der Waals surface area contributed by atoms with Crippen molar-refractivity contribution in [1.29, 1.82) is 0 Å². The molecule has 0 aromatic carbocycles. The van der Waals surface area contributed by atoms with E-state index < -0.39 is 9.15 Å². The van der Waals surface area contributed by atoms with Crippen LogP contribution in [0.2, 0.25) is 0 Å². The summed E-state index contributed by atoms with van der Waals surface area (Å²) in [6.07, 6.45) is 1.44. The molecule has 0 aliphatic heterocycles. The quantitative estimate of drug-likeness (QED) is 0.721. The first-order valence-corrected chi connectivity index (χ1v) is 5.42. The Labute approximate surface area is 74.8 Å². The van der Waals surface area contributed by atoms with Gasteiger partial charge in [0.05, 0.1) is 6.61 Å². The van der Waals surface area contributed by atoms with Gasteiger partial charge in [0.2, 0.25) is 0 Å². The molecule has 0 heterocycles. The van der Waals surface area contributed by atoms with Gasteiger partial charge in [0, 0.05) is 6.54 Å². The molecule has 10 heavy (non-hydrogen) atoms. The van der Waals surface area contributed by atoms with Crippen molar-refractivity contribution in [1.82, 2.24) is 0 Å². The molecule has 0 aliphatic carbocycles. The molecule has 0 bridgehead atoms. The molecule has 0 saturated carbocycles. The van der Waals surface area contributed by atoms with E-state index in [-0.39, 0.29) is 30.1 Å². The largest absolute Gasteiger partial charge is 0.328 e. The minimum atomic E-state index is -3.34. The lowest BCUT2D eigenvalue weighted by molar-refractivity contribution is 0.339. The van der Waals surface area contributed by atoms with Gasteiger partial charge in [-0.2, -0.15) is 8.42 Å². The van der Waals surface area contributed by atoms with Crippen molar-refractivity contribution in [3.8, 4) is 0 Å². The van der Waals surface area contributed by atoms with Crippen LogP contribution in [-0.2, 0) is 13.3 Å². The highest BCUT2D eigenvalue weighted by molar-refractivity contribution is 8.93. The van der Waals surface area contributed by atoms with Crippen LogP contribution in [0.3, 0.4) is 0 Å². The summed E-state index contributed by atoms with van der Waals surface area (Å²) < 4.78 is 25.2. The van der Waals surface area contributed by atoms with Crippen LogP contribution in [-0.4, -0.2) is 27.8 Å². The van der Waals surface area contributed by atoms with Gasteiger partial charge in [-0.15, -0.1) is 17.0 Å². The molecular formula is C3H10BrNO3S2. The van der Waals surface area contributed by atoms with Gasteiger partial charge in [-0.1, -0.05) is 0 Å². The molecule has 64 valence electrons. The fraction of sp³-hybridized carbons (Fsp3) is 1.00. The highest BCUT2D eigenvalue weighted by Crippen LogP contribution is 2.07. The van der Waals surface area contributed by atoms with Crippen LogP contribution in [0.1, 0.15) is 0 Å². The van der Waals surface area contributed by atoms with E-state index in [4.69, 9.17) is 5.73 Å². The summed E-state index contributed by atoms with van der Waals surface area (Å²) >= 11 is 0. The lowest BCUT2D eigenvalue weighted by Gasteiger charge is -1.97. The third-order valence-electron chi connectivity index (χ3n) is 0.550. The summed E-state index contributed by atoms with van der Waals surface area (Å²) in [5.74, 6) is 0. The summed E-state index contributed by atoms with van der Waals surface area (Å²) in [6.45, 7) is 0.281. The Morgan fingerprint density at radius 2 is 2.10 bits per heavy atom. The zero-order valence-electron chi connectivity index (χ0n) is 5.44. The average Bonchev–Trinajstić information content (AvgIpc) is 1.84. The predicted octanol–water partition coefficient (Wildman–Crippen LogP) is 0.147. The Balaban J connectivity index is 0. The van der Waals surface area contributed by atoms with E-state index in [1.807, 2.05) is 0 Å². The van der Waals surface area contributed by atoms with E-state index in [0.717, 1.165) is 0 Å². The maximum Gasteiger partial charge on any atom is 0.321 e. The highest BCUT2D eigenvalue weighted by Gasteiger charge is 2.05. The fourth-order valence-corrected chi connectivity index (χ4v) is 1.09. The monoisotopic (exact) mass is 251 g/mol. The number of hydrogen-bond acceptors (Lipinski definition) is 5. The van der Waals surface area contributed by atoms with Gasteiger partial charge >= 0.3 is 9.15 Å². The first-order valence-electron chi connectivity index (χ1n) is 2.27. The smallest absolute Gasteiger partial charge is 0.321 e. The molecule has 0 amide bonds. The van der Waals surface area contributed by atoms with Crippen LogP contribution in [0, 0.1) is 0 Å². The molecule has 0 aliphatic rings. The number of halogens is 1. The molecule has 0 unspecified atom stereocenters. The SMILES string of the molecule is Br.CSS(=O)(=O)OCCN. The second-order valence-electron chi connectivity index (χ2n) is 1.19. The lowest BCUT2D eigenvalue weighted by atomic mass is 10.8. The van der Waals surface area contributed by atoms with Gasteiger partial charge in [0.15, 0.2) is 0 Å². The average molecular weight is 252 g/mol. The van der Waals surface area contributed by atoms with Gasteiger partial charge < -0.3 is 5.73 Å². The zero-order chi connectivity index (χ0) is 7.33. The molecular weight excluding hydrogens is 242 g/mol. The van der Waals surface area contributed by atoms with Crippen LogP contribution < -0.4 is 5.73 Å². The second kappa shape index (κ2) is 6.41. The number of nitrogens with two attached hydrogens (primary N) is 1. The van der Waals surface area contributed by atoms with Crippen LogP contribution >= 0.6 is 27.8 Å². The van der Waals surface area contributed by atoms with E-state index in [2.05, 4.69) is 4.18 Å². The second-order valence-corrected chi connectivity index (χ2v) is 4.80. The van der Waals surface area contributed by atoms with Crippen LogP contribution in [0.25, 0.3) is 0 Å². The van der Waals surface area contributed by atoms with Gasteiger partial charge in [0.1, 0.15) is 0 Å². The third kappa shape index (κ3) is 6.81. The van der Waals surface area contributed by atoms with Crippen molar-refractivity contribution < 1.29 is 12.6 Å². The van der Waals surface area contributed by atoms with Crippen molar-refractivity contribution in [2.45, 2.75) is 0 Å². The number of rotatable bonds is 4. The molecule has 0 radical (unpaired) electrons. The van der Waals surface area contributed by atoms with Crippen LogP contribution in [0.15, 0.2) is 0 Å². The molecule has 0 saturated heterocycles. The van der Waals surface area contributed by atoms with Crippen molar-refractivity contribution in [3.05, 3.63) is 0 Å². The minimum absolute atomic E-state index is 0. The third-order valence-corrected chi connectivity index (χ3v) is 2.93. The maximum atomic E-state index is 10.4. The Kier molecular flexibility index (Phi) is 8.53. The molecule has 0 atom stereocenters. The van der Waals surface area contributed by atoms with E-state index in [1.54, 1.807) is 0 Å². The first-order chi connectivity index (χ1) is 4.12.